The zero-order valence-electron chi connectivity index (χ0n) is 17.9. The predicted octanol–water partition coefficient (Wildman–Crippen LogP) is 7.71. The molecule has 0 spiro atoms. The lowest BCUT2D eigenvalue weighted by Crippen LogP contribution is -2.25. The lowest BCUT2D eigenvalue weighted by molar-refractivity contribution is 0.617. The van der Waals surface area contributed by atoms with E-state index in [4.69, 9.17) is 8.39 Å². The van der Waals surface area contributed by atoms with E-state index in [0.717, 1.165) is 47.9 Å². The minimum atomic E-state index is -1.29. The summed E-state index contributed by atoms with van der Waals surface area (Å²) >= 11 is 0. The van der Waals surface area contributed by atoms with Crippen LogP contribution in [0.1, 0.15) is 11.1 Å². The topological polar surface area (TPSA) is 29.5 Å². The molecule has 0 radical (unpaired) electrons. The summed E-state index contributed by atoms with van der Waals surface area (Å²) in [6, 6.07) is 37.7. The Morgan fingerprint density at radius 1 is 0.500 bits per heavy atom. The van der Waals surface area contributed by atoms with Gasteiger partial charge in [-0.2, -0.15) is 0 Å². The molecule has 0 aliphatic carbocycles. The summed E-state index contributed by atoms with van der Waals surface area (Å²) in [4.78, 5) is 0. The molecule has 1 heterocycles. The average molecular weight is 439 g/mol. The van der Waals surface area contributed by atoms with Crippen LogP contribution >= 0.6 is 8.16 Å². The Balaban J connectivity index is 1.55. The highest BCUT2D eigenvalue weighted by molar-refractivity contribution is 7.38. The highest BCUT2D eigenvalue weighted by Crippen LogP contribution is 2.36. The minimum absolute atomic E-state index is 0.868. The second kappa shape index (κ2) is 9.91. The zero-order valence-corrected chi connectivity index (χ0v) is 18.8. The summed E-state index contributed by atoms with van der Waals surface area (Å²) in [6.07, 6.45) is 1.90. The van der Waals surface area contributed by atoms with Crippen LogP contribution in [0.15, 0.2) is 118 Å². The van der Waals surface area contributed by atoms with Gasteiger partial charge in [-0.1, -0.05) is 97.1 Å². The third-order valence-corrected chi connectivity index (χ3v) is 7.22. The Morgan fingerprint density at radius 3 is 1.38 bits per heavy atom. The van der Waals surface area contributed by atoms with Gasteiger partial charge in [-0.15, -0.1) is 0 Å². The second-order valence-electron chi connectivity index (χ2n) is 7.84. The molecular formula is C28H26NO2P. The maximum atomic E-state index is 6.55. The molecule has 0 fully saturated rings. The highest BCUT2D eigenvalue weighted by atomic mass is 31.1. The van der Waals surface area contributed by atoms with E-state index in [1.807, 2.05) is 24.3 Å². The Labute approximate surface area is 189 Å². The molecule has 160 valence electrons. The van der Waals surface area contributed by atoms with E-state index < -0.39 is 8.16 Å². The SMILES string of the molecule is c1ccc(CCN(CCc2ccccc2)p2oc3ccccc3c3ccccc3o2)cc1. The van der Waals surface area contributed by atoms with Crippen LogP contribution in [-0.4, -0.2) is 13.1 Å². The van der Waals surface area contributed by atoms with E-state index in [9.17, 15) is 0 Å². The van der Waals surface area contributed by atoms with E-state index in [0.29, 0.717) is 0 Å². The first-order chi connectivity index (χ1) is 15.9. The number of para-hydroxylation sites is 2. The van der Waals surface area contributed by atoms with Crippen LogP contribution in [0.3, 0.4) is 0 Å². The third-order valence-electron chi connectivity index (χ3n) is 5.65. The van der Waals surface area contributed by atoms with Crippen molar-refractivity contribution in [3.05, 3.63) is 120 Å². The summed E-state index contributed by atoms with van der Waals surface area (Å²) in [6.45, 7) is 1.74. The van der Waals surface area contributed by atoms with E-state index in [1.54, 1.807) is 0 Å². The first kappa shape index (κ1) is 20.6. The first-order valence-corrected chi connectivity index (χ1v) is 12.2. The molecule has 4 heteroatoms. The van der Waals surface area contributed by atoms with Crippen molar-refractivity contribution in [3.8, 4) is 0 Å². The Morgan fingerprint density at radius 2 is 0.906 bits per heavy atom. The van der Waals surface area contributed by atoms with E-state index in [1.165, 1.54) is 11.1 Å². The molecule has 5 aromatic rings. The van der Waals surface area contributed by atoms with Crippen molar-refractivity contribution in [3.63, 3.8) is 0 Å². The van der Waals surface area contributed by atoms with E-state index in [2.05, 4.69) is 89.6 Å². The molecule has 0 saturated carbocycles. The Kier molecular flexibility index (Phi) is 6.39. The fourth-order valence-electron chi connectivity index (χ4n) is 3.92. The Bertz CT molecular complexity index is 1230. The minimum Gasteiger partial charge on any atom is -0.408 e. The summed E-state index contributed by atoms with van der Waals surface area (Å²) in [5.74, 6) is 0. The van der Waals surface area contributed by atoms with Gasteiger partial charge in [0.05, 0.1) is 0 Å². The van der Waals surface area contributed by atoms with Crippen LogP contribution in [0.2, 0.25) is 0 Å². The molecule has 0 saturated heterocycles. The standard InChI is InChI=1S/C28H26NO2P/c1-3-11-23(12-4-1)19-21-29(22-20-24-13-5-2-6-14-24)32-30-27-17-9-7-15-25(27)26-16-8-10-18-28(26)31-32/h1-18H,19-22H2. The van der Waals surface area contributed by atoms with Gasteiger partial charge in [0.25, 0.3) is 0 Å². The van der Waals surface area contributed by atoms with Gasteiger partial charge >= 0.3 is 8.16 Å². The number of nitrogens with zero attached hydrogens (tertiary/aromatic N) is 1. The molecule has 0 aliphatic rings. The molecule has 0 atom stereocenters. The van der Waals surface area contributed by atoms with Gasteiger partial charge in [0.15, 0.2) is 0 Å². The maximum Gasteiger partial charge on any atom is 0.309 e. The molecule has 3 nitrogen and oxygen atoms in total. The molecule has 1 aromatic heterocycles. The van der Waals surface area contributed by atoms with Gasteiger partial charge in [0.1, 0.15) is 11.2 Å². The number of hydrogen-bond donors (Lipinski definition) is 0. The second-order valence-corrected chi connectivity index (χ2v) is 9.24. The molecule has 0 unspecified atom stereocenters. The molecule has 0 N–H and O–H groups in total. The fourth-order valence-corrected chi connectivity index (χ4v) is 5.37. The maximum absolute atomic E-state index is 6.55. The zero-order chi connectivity index (χ0) is 21.6. The summed E-state index contributed by atoms with van der Waals surface area (Å²) < 4.78 is 15.5. The molecule has 5 rings (SSSR count). The average Bonchev–Trinajstić information content (AvgIpc) is 3.02. The van der Waals surface area contributed by atoms with E-state index >= 15 is 0 Å². The van der Waals surface area contributed by atoms with Crippen LogP contribution in [-0.2, 0) is 12.8 Å². The van der Waals surface area contributed by atoms with Crippen molar-refractivity contribution in [1.82, 2.24) is 0 Å². The van der Waals surface area contributed by atoms with Gasteiger partial charge in [-0.25, -0.2) is 4.67 Å². The quantitative estimate of drug-likeness (QED) is 0.260. The number of hydrogen-bond acceptors (Lipinski definition) is 3. The van der Waals surface area contributed by atoms with Gasteiger partial charge in [-0.05, 0) is 36.1 Å². The molecule has 4 aromatic carbocycles. The Hall–Kier alpha value is -3.26. The van der Waals surface area contributed by atoms with Gasteiger partial charge < -0.3 is 8.39 Å². The lowest BCUT2D eigenvalue weighted by Gasteiger charge is -2.18. The van der Waals surface area contributed by atoms with Crippen LogP contribution in [0.5, 0.6) is 0 Å². The number of benzene rings is 4. The van der Waals surface area contributed by atoms with E-state index in [-0.39, 0.29) is 0 Å². The van der Waals surface area contributed by atoms with Crippen molar-refractivity contribution < 1.29 is 8.39 Å². The van der Waals surface area contributed by atoms with Crippen LogP contribution in [0.4, 0.5) is 0 Å². The summed E-state index contributed by atoms with van der Waals surface area (Å²) in [7, 11) is -1.29. The fraction of sp³-hybridized carbons (Fsp3) is 0.143. The molecule has 0 aliphatic heterocycles. The molecular weight excluding hydrogens is 413 g/mol. The molecule has 0 amide bonds. The van der Waals surface area contributed by atoms with Crippen molar-refractivity contribution in [2.75, 3.05) is 17.8 Å². The van der Waals surface area contributed by atoms with Crippen molar-refractivity contribution >= 4 is 30.1 Å². The van der Waals surface area contributed by atoms with Crippen molar-refractivity contribution in [1.29, 1.82) is 0 Å². The van der Waals surface area contributed by atoms with Crippen LogP contribution < -0.4 is 4.67 Å². The molecule has 32 heavy (non-hydrogen) atoms. The smallest absolute Gasteiger partial charge is 0.309 e. The lowest BCUT2D eigenvalue weighted by atomic mass is 10.1. The van der Waals surface area contributed by atoms with Crippen LogP contribution in [0, 0.1) is 0 Å². The summed E-state index contributed by atoms with van der Waals surface area (Å²) in [5, 5.41) is 2.17. The summed E-state index contributed by atoms with van der Waals surface area (Å²) in [5.41, 5.74) is 4.41. The number of fused-ring (bicyclic) bond motifs is 3. The normalized spacial score (nSPS) is 11.3. The van der Waals surface area contributed by atoms with Crippen molar-refractivity contribution in [2.24, 2.45) is 0 Å². The number of rotatable bonds is 7. The first-order valence-electron chi connectivity index (χ1n) is 11.0. The highest BCUT2D eigenvalue weighted by Gasteiger charge is 2.15. The molecule has 0 bridgehead atoms. The van der Waals surface area contributed by atoms with Gasteiger partial charge in [0.2, 0.25) is 0 Å². The third kappa shape index (κ3) is 4.80. The van der Waals surface area contributed by atoms with Crippen molar-refractivity contribution in [2.45, 2.75) is 12.8 Å². The predicted molar refractivity (Wildman–Crippen MR) is 135 cm³/mol. The monoisotopic (exact) mass is 439 g/mol. The van der Waals surface area contributed by atoms with Gasteiger partial charge in [0, 0.05) is 23.9 Å². The van der Waals surface area contributed by atoms with Crippen LogP contribution in [0.25, 0.3) is 21.9 Å². The van der Waals surface area contributed by atoms with Gasteiger partial charge in [-0.3, -0.25) is 0 Å². The largest absolute Gasteiger partial charge is 0.408 e.